The Kier molecular flexibility index (Phi) is 7.75. The fourth-order valence-corrected chi connectivity index (χ4v) is 6.58. The molecule has 2 aromatic rings. The molecule has 1 saturated carbocycles. The van der Waals surface area contributed by atoms with Gasteiger partial charge in [-0.15, -0.1) is 5.10 Å². The number of aromatic nitrogens is 3. The highest BCUT2D eigenvalue weighted by Crippen LogP contribution is 2.29. The highest BCUT2D eigenvalue weighted by Gasteiger charge is 2.26. The van der Waals surface area contributed by atoms with Crippen LogP contribution in [0.25, 0.3) is 0 Å². The van der Waals surface area contributed by atoms with Gasteiger partial charge in [0.15, 0.2) is 0 Å². The monoisotopic (exact) mass is 497 g/mol. The number of hydrogen-bond donors (Lipinski definition) is 2. The van der Waals surface area contributed by atoms with Gasteiger partial charge in [-0.3, -0.25) is 9.89 Å². The summed E-state index contributed by atoms with van der Waals surface area (Å²) in [7, 11) is -3.61. The van der Waals surface area contributed by atoms with Gasteiger partial charge in [0.25, 0.3) is 0 Å². The van der Waals surface area contributed by atoms with Crippen LogP contribution in [0, 0.1) is 5.92 Å². The maximum absolute atomic E-state index is 12.9. The van der Waals surface area contributed by atoms with Gasteiger partial charge in [0.1, 0.15) is 5.82 Å². The lowest BCUT2D eigenvalue weighted by Gasteiger charge is -2.26. The minimum Gasteiger partial charge on any atom is -0.324 e. The molecular formula is C21H28ClN5O3S2. The van der Waals surface area contributed by atoms with Gasteiger partial charge in [-0.1, -0.05) is 55.5 Å². The van der Waals surface area contributed by atoms with Crippen LogP contribution in [-0.4, -0.2) is 52.7 Å². The number of carbonyl (C=O) groups excluding carboxylic acids is 1. The van der Waals surface area contributed by atoms with Crippen LogP contribution in [0.5, 0.6) is 0 Å². The van der Waals surface area contributed by atoms with Crippen LogP contribution in [-0.2, 0) is 21.2 Å². The molecule has 1 amide bonds. The molecule has 0 radical (unpaired) electrons. The van der Waals surface area contributed by atoms with Crippen molar-refractivity contribution in [2.24, 2.45) is 5.92 Å². The fraction of sp³-hybridized carbons (Fsp3) is 0.571. The van der Waals surface area contributed by atoms with Gasteiger partial charge >= 0.3 is 0 Å². The summed E-state index contributed by atoms with van der Waals surface area (Å²) in [5, 5.41) is 10.7. The quantitative estimate of drug-likeness (QED) is 0.531. The standard InChI is InChI=1S/C21H28ClN5O3S2/c22-17-9-8-16(32(29,30)27-10-4-1-5-11-27)13-18(17)23-20(28)14-31-21-24-19(25-26-21)12-15-6-2-3-7-15/h8-9,13,15H,1-7,10-12,14H2,(H,23,28)(H,24,25,26). The Morgan fingerprint density at radius 3 is 2.69 bits per heavy atom. The minimum atomic E-state index is -3.61. The summed E-state index contributed by atoms with van der Waals surface area (Å²) in [6.45, 7) is 1.03. The number of nitrogens with zero attached hydrogens (tertiary/aromatic N) is 3. The third-order valence-electron chi connectivity index (χ3n) is 5.97. The van der Waals surface area contributed by atoms with Crippen LogP contribution in [0.15, 0.2) is 28.3 Å². The fourth-order valence-electron chi connectivity index (χ4n) is 4.25. The maximum atomic E-state index is 12.9. The van der Waals surface area contributed by atoms with E-state index < -0.39 is 10.0 Å². The zero-order valence-electron chi connectivity index (χ0n) is 17.8. The zero-order chi connectivity index (χ0) is 22.6. The Labute approximate surface area is 197 Å². The van der Waals surface area contributed by atoms with E-state index in [4.69, 9.17) is 11.6 Å². The molecule has 1 aromatic heterocycles. The number of aromatic amines is 1. The van der Waals surface area contributed by atoms with Crippen molar-refractivity contribution in [2.45, 2.75) is 61.4 Å². The number of halogens is 1. The number of thioether (sulfide) groups is 1. The first-order valence-electron chi connectivity index (χ1n) is 11.1. The van der Waals surface area contributed by atoms with Crippen LogP contribution < -0.4 is 5.32 Å². The van der Waals surface area contributed by atoms with Crippen LogP contribution in [0.1, 0.15) is 50.8 Å². The molecule has 0 unspecified atom stereocenters. The summed E-state index contributed by atoms with van der Waals surface area (Å²) >= 11 is 7.45. The molecule has 32 heavy (non-hydrogen) atoms. The number of anilines is 1. The Morgan fingerprint density at radius 2 is 1.94 bits per heavy atom. The molecule has 11 heteroatoms. The number of rotatable bonds is 8. The van der Waals surface area contributed by atoms with E-state index in [-0.39, 0.29) is 27.3 Å². The highest BCUT2D eigenvalue weighted by molar-refractivity contribution is 7.99. The third kappa shape index (κ3) is 5.84. The van der Waals surface area contributed by atoms with E-state index in [1.807, 2.05) is 0 Å². The van der Waals surface area contributed by atoms with Gasteiger partial charge in [-0.2, -0.15) is 4.31 Å². The lowest BCUT2D eigenvalue weighted by atomic mass is 10.0. The number of sulfonamides is 1. The molecule has 0 spiro atoms. The lowest BCUT2D eigenvalue weighted by Crippen LogP contribution is -2.35. The summed E-state index contributed by atoms with van der Waals surface area (Å²) in [5.41, 5.74) is 0.285. The molecule has 4 rings (SSSR count). The molecule has 1 aliphatic heterocycles. The summed E-state index contributed by atoms with van der Waals surface area (Å²) in [5.74, 6) is 1.32. The number of H-pyrrole nitrogens is 1. The molecule has 2 N–H and O–H groups in total. The van der Waals surface area contributed by atoms with Crippen molar-refractivity contribution < 1.29 is 13.2 Å². The third-order valence-corrected chi connectivity index (χ3v) is 9.04. The molecule has 1 saturated heterocycles. The van der Waals surface area contributed by atoms with Crippen LogP contribution in [0.3, 0.4) is 0 Å². The SMILES string of the molecule is O=C(CSc1n[nH]c(CC2CCCC2)n1)Nc1cc(S(=O)(=O)N2CCCCC2)ccc1Cl. The topological polar surface area (TPSA) is 108 Å². The first kappa shape index (κ1) is 23.5. The highest BCUT2D eigenvalue weighted by atomic mass is 35.5. The summed E-state index contributed by atoms with van der Waals surface area (Å²) in [6.07, 6.45) is 8.69. The molecule has 8 nitrogen and oxygen atoms in total. The van der Waals surface area contributed by atoms with E-state index in [0.717, 1.165) is 31.5 Å². The van der Waals surface area contributed by atoms with E-state index >= 15 is 0 Å². The van der Waals surface area contributed by atoms with Gasteiger partial charge < -0.3 is 5.32 Å². The second kappa shape index (κ2) is 10.5. The van der Waals surface area contributed by atoms with Gasteiger partial charge in [-0.25, -0.2) is 13.4 Å². The zero-order valence-corrected chi connectivity index (χ0v) is 20.2. The van der Waals surface area contributed by atoms with E-state index in [1.165, 1.54) is 59.9 Å². The summed E-state index contributed by atoms with van der Waals surface area (Å²) in [4.78, 5) is 17.1. The van der Waals surface area contributed by atoms with Gasteiger partial charge in [0.2, 0.25) is 21.1 Å². The van der Waals surface area contributed by atoms with Crippen LogP contribution in [0.2, 0.25) is 5.02 Å². The maximum Gasteiger partial charge on any atom is 0.243 e. The van der Waals surface area contributed by atoms with Crippen molar-refractivity contribution >= 4 is 45.0 Å². The van der Waals surface area contributed by atoms with Gasteiger partial charge in [0.05, 0.1) is 21.4 Å². The number of hydrogen-bond acceptors (Lipinski definition) is 6. The molecule has 2 aliphatic rings. The Morgan fingerprint density at radius 1 is 1.19 bits per heavy atom. The molecule has 0 atom stereocenters. The molecule has 174 valence electrons. The van der Waals surface area contributed by atoms with Crippen molar-refractivity contribution in [2.75, 3.05) is 24.2 Å². The average Bonchev–Trinajstić information content (AvgIpc) is 3.47. The Bertz CT molecular complexity index is 1050. The van der Waals surface area contributed by atoms with Crippen molar-refractivity contribution in [3.05, 3.63) is 29.0 Å². The molecule has 1 aromatic carbocycles. The molecular weight excluding hydrogens is 470 g/mol. The van der Waals surface area contributed by atoms with Crippen molar-refractivity contribution in [1.82, 2.24) is 19.5 Å². The first-order chi connectivity index (χ1) is 15.4. The lowest BCUT2D eigenvalue weighted by molar-refractivity contribution is -0.113. The van der Waals surface area contributed by atoms with E-state index in [2.05, 4.69) is 20.5 Å². The average molecular weight is 498 g/mol. The first-order valence-corrected chi connectivity index (χ1v) is 13.9. The number of carbonyl (C=O) groups is 1. The van der Waals surface area contributed by atoms with Crippen molar-refractivity contribution in [1.29, 1.82) is 0 Å². The number of benzene rings is 1. The van der Waals surface area contributed by atoms with Crippen molar-refractivity contribution in [3.63, 3.8) is 0 Å². The van der Waals surface area contributed by atoms with Crippen LogP contribution in [0.4, 0.5) is 5.69 Å². The molecule has 2 fully saturated rings. The van der Waals surface area contributed by atoms with Crippen LogP contribution >= 0.6 is 23.4 Å². The van der Waals surface area contributed by atoms with Gasteiger partial charge in [-0.05, 0) is 37.0 Å². The Balaban J connectivity index is 1.35. The predicted molar refractivity (Wildman–Crippen MR) is 125 cm³/mol. The largest absolute Gasteiger partial charge is 0.324 e. The summed E-state index contributed by atoms with van der Waals surface area (Å²) < 4.78 is 27.3. The van der Waals surface area contributed by atoms with Crippen molar-refractivity contribution in [3.8, 4) is 0 Å². The second-order valence-electron chi connectivity index (χ2n) is 8.36. The Hall–Kier alpha value is -1.62. The molecule has 0 bridgehead atoms. The number of amides is 1. The molecule has 2 heterocycles. The smallest absolute Gasteiger partial charge is 0.243 e. The number of nitrogens with one attached hydrogen (secondary N) is 2. The number of piperidine rings is 1. The summed E-state index contributed by atoms with van der Waals surface area (Å²) in [6, 6.07) is 4.42. The van der Waals surface area contributed by atoms with E-state index in [0.29, 0.717) is 24.2 Å². The van der Waals surface area contributed by atoms with Gasteiger partial charge in [0, 0.05) is 19.5 Å². The van der Waals surface area contributed by atoms with E-state index in [1.54, 1.807) is 0 Å². The minimum absolute atomic E-state index is 0.0974. The second-order valence-corrected chi connectivity index (χ2v) is 11.7. The normalized spacial score (nSPS) is 18.2. The molecule has 1 aliphatic carbocycles. The van der Waals surface area contributed by atoms with E-state index in [9.17, 15) is 13.2 Å². The predicted octanol–water partition coefficient (Wildman–Crippen LogP) is 4.10.